The van der Waals surface area contributed by atoms with Crippen molar-refractivity contribution in [2.75, 3.05) is 5.32 Å². The van der Waals surface area contributed by atoms with Crippen molar-refractivity contribution < 1.29 is 33.0 Å². The fourth-order valence-corrected chi connectivity index (χ4v) is 3.29. The van der Waals surface area contributed by atoms with Crippen molar-refractivity contribution in [3.05, 3.63) is 82.0 Å². The van der Waals surface area contributed by atoms with Crippen LogP contribution < -0.4 is 5.32 Å². The molecule has 1 heterocycles. The lowest BCUT2D eigenvalue weighted by molar-refractivity contribution is -0.138. The molecule has 6 nitrogen and oxygen atoms in total. The third-order valence-electron chi connectivity index (χ3n) is 4.96. The lowest BCUT2D eigenvalue weighted by Gasteiger charge is -2.16. The Kier molecular flexibility index (Phi) is 6.31. The van der Waals surface area contributed by atoms with Crippen LogP contribution in [-0.2, 0) is 12.8 Å². The smallest absolute Gasteiger partial charge is 0.418 e. The van der Waals surface area contributed by atoms with Gasteiger partial charge in [0.2, 0.25) is 0 Å². The number of pyridine rings is 1. The zero-order valence-electron chi connectivity index (χ0n) is 17.1. The van der Waals surface area contributed by atoms with Gasteiger partial charge >= 0.3 is 12.1 Å². The molecule has 0 aliphatic heterocycles. The fraction of sp³-hybridized carbons (Fsp3) is 0.174. The van der Waals surface area contributed by atoms with E-state index < -0.39 is 29.3 Å². The molecular weight excluding hydrogens is 425 g/mol. The van der Waals surface area contributed by atoms with Crippen molar-refractivity contribution in [2.45, 2.75) is 26.6 Å². The molecule has 0 bridgehead atoms. The van der Waals surface area contributed by atoms with Crippen LogP contribution in [0.5, 0.6) is 0 Å². The molecule has 9 heteroatoms. The monoisotopic (exact) mass is 444 g/mol. The molecule has 1 amide bonds. The van der Waals surface area contributed by atoms with Crippen molar-refractivity contribution in [3.8, 4) is 11.3 Å². The number of aliphatic hydroxyl groups is 1. The number of hydrogen-bond donors (Lipinski definition) is 3. The van der Waals surface area contributed by atoms with Gasteiger partial charge in [-0.2, -0.15) is 13.2 Å². The molecule has 3 aromatic rings. The topological polar surface area (TPSA) is 99.5 Å². The molecule has 166 valence electrons. The number of aliphatic hydroxyl groups excluding tert-OH is 1. The van der Waals surface area contributed by atoms with Crippen LogP contribution in [0.1, 0.15) is 43.1 Å². The summed E-state index contributed by atoms with van der Waals surface area (Å²) in [6, 6.07) is 11.2. The first-order valence-electron chi connectivity index (χ1n) is 9.46. The van der Waals surface area contributed by atoms with Gasteiger partial charge in [-0.1, -0.05) is 24.3 Å². The van der Waals surface area contributed by atoms with Gasteiger partial charge in [0, 0.05) is 11.3 Å². The Bertz CT molecular complexity index is 1210. The van der Waals surface area contributed by atoms with E-state index in [9.17, 15) is 33.0 Å². The number of rotatable bonds is 5. The zero-order valence-corrected chi connectivity index (χ0v) is 17.1. The quantitative estimate of drug-likeness (QED) is 0.524. The number of aryl methyl sites for hydroxylation is 1. The van der Waals surface area contributed by atoms with Gasteiger partial charge in [0.1, 0.15) is 5.69 Å². The average Bonchev–Trinajstić information content (AvgIpc) is 2.75. The zero-order chi connectivity index (χ0) is 23.6. The molecule has 3 N–H and O–H groups in total. The molecule has 0 saturated heterocycles. The Morgan fingerprint density at radius 2 is 1.78 bits per heavy atom. The number of nitrogens with zero attached hydrogens (tertiary/aromatic N) is 1. The van der Waals surface area contributed by atoms with Crippen molar-refractivity contribution in [1.29, 1.82) is 0 Å². The standard InChI is InChI=1S/C23H19F3N2O4/c1-12-6-7-16(22(31)32)13(2)19(12)28-21(30)20-17(23(24,25)26)8-9-18(27-20)15-5-3-4-14(10-15)11-29/h3-10,29H,11H2,1-2H3,(H,28,30)(H,31,32). The molecule has 0 fully saturated rings. The van der Waals surface area contributed by atoms with E-state index in [2.05, 4.69) is 10.3 Å². The van der Waals surface area contributed by atoms with Crippen molar-refractivity contribution in [3.63, 3.8) is 0 Å². The molecule has 0 spiro atoms. The minimum atomic E-state index is -4.84. The highest BCUT2D eigenvalue weighted by atomic mass is 19.4. The van der Waals surface area contributed by atoms with Crippen LogP contribution in [-0.4, -0.2) is 27.1 Å². The predicted molar refractivity (Wildman–Crippen MR) is 111 cm³/mol. The summed E-state index contributed by atoms with van der Waals surface area (Å²) in [4.78, 5) is 28.3. The number of anilines is 1. The van der Waals surface area contributed by atoms with Crippen LogP contribution in [0.2, 0.25) is 0 Å². The molecule has 0 atom stereocenters. The Labute approximate surface area is 181 Å². The highest BCUT2D eigenvalue weighted by Crippen LogP contribution is 2.34. The first-order valence-corrected chi connectivity index (χ1v) is 9.46. The van der Waals surface area contributed by atoms with Crippen LogP contribution in [0, 0.1) is 13.8 Å². The summed E-state index contributed by atoms with van der Waals surface area (Å²) < 4.78 is 40.8. The lowest BCUT2D eigenvalue weighted by Crippen LogP contribution is -2.22. The largest absolute Gasteiger partial charge is 0.478 e. The maximum atomic E-state index is 13.6. The summed E-state index contributed by atoms with van der Waals surface area (Å²) in [6.45, 7) is 2.80. The third-order valence-corrected chi connectivity index (χ3v) is 4.96. The normalized spacial score (nSPS) is 11.3. The van der Waals surface area contributed by atoms with Gasteiger partial charge in [0.05, 0.1) is 23.4 Å². The Morgan fingerprint density at radius 3 is 2.41 bits per heavy atom. The summed E-state index contributed by atoms with van der Waals surface area (Å²) in [6.07, 6.45) is -4.84. The maximum Gasteiger partial charge on any atom is 0.418 e. The van der Waals surface area contributed by atoms with Gasteiger partial charge in [-0.25, -0.2) is 9.78 Å². The lowest BCUT2D eigenvalue weighted by atomic mass is 10.0. The second kappa shape index (κ2) is 8.80. The molecule has 0 aliphatic rings. The first kappa shape index (κ1) is 23.0. The van der Waals surface area contributed by atoms with Crippen LogP contribution in [0.15, 0.2) is 48.5 Å². The van der Waals surface area contributed by atoms with Gasteiger partial charge in [-0.15, -0.1) is 0 Å². The number of alkyl halides is 3. The molecule has 1 aromatic heterocycles. The number of hydrogen-bond acceptors (Lipinski definition) is 4. The van der Waals surface area contributed by atoms with Gasteiger partial charge in [0.25, 0.3) is 5.91 Å². The summed E-state index contributed by atoms with van der Waals surface area (Å²) >= 11 is 0. The highest BCUT2D eigenvalue weighted by molar-refractivity contribution is 6.06. The molecule has 2 aromatic carbocycles. The predicted octanol–water partition coefficient (Wildman–Crippen LogP) is 4.83. The number of carbonyl (C=O) groups excluding carboxylic acids is 1. The van der Waals surface area contributed by atoms with E-state index in [-0.39, 0.29) is 29.1 Å². The number of carbonyl (C=O) groups is 2. The van der Waals surface area contributed by atoms with E-state index >= 15 is 0 Å². The maximum absolute atomic E-state index is 13.6. The highest BCUT2D eigenvalue weighted by Gasteiger charge is 2.36. The fourth-order valence-electron chi connectivity index (χ4n) is 3.29. The van der Waals surface area contributed by atoms with Crippen molar-refractivity contribution in [1.82, 2.24) is 4.98 Å². The number of carboxylic acid groups (broad SMARTS) is 1. The summed E-state index contributed by atoms with van der Waals surface area (Å²) in [5, 5.41) is 21.0. The first-order chi connectivity index (χ1) is 15.0. The number of aromatic nitrogens is 1. The van der Waals surface area contributed by atoms with Gasteiger partial charge in [0.15, 0.2) is 0 Å². The minimum Gasteiger partial charge on any atom is -0.478 e. The van der Waals surface area contributed by atoms with Crippen LogP contribution in [0.3, 0.4) is 0 Å². The number of carboxylic acids is 1. The second-order valence-electron chi connectivity index (χ2n) is 7.14. The van der Waals surface area contributed by atoms with E-state index in [1.165, 1.54) is 19.1 Å². The molecule has 3 rings (SSSR count). The number of nitrogens with one attached hydrogen (secondary N) is 1. The van der Waals surface area contributed by atoms with E-state index in [1.807, 2.05) is 0 Å². The van der Waals surface area contributed by atoms with E-state index in [0.29, 0.717) is 16.7 Å². The van der Waals surface area contributed by atoms with Crippen molar-refractivity contribution in [2.24, 2.45) is 0 Å². The van der Waals surface area contributed by atoms with Gasteiger partial charge in [-0.05, 0) is 54.8 Å². The van der Waals surface area contributed by atoms with Gasteiger partial charge < -0.3 is 15.5 Å². The molecular formula is C23H19F3N2O4. The van der Waals surface area contributed by atoms with Crippen LogP contribution >= 0.6 is 0 Å². The third kappa shape index (κ3) is 4.62. The molecule has 32 heavy (non-hydrogen) atoms. The molecule has 0 saturated carbocycles. The summed E-state index contributed by atoms with van der Waals surface area (Å²) in [5.41, 5.74) is -0.252. The molecule has 0 aliphatic carbocycles. The second-order valence-corrected chi connectivity index (χ2v) is 7.14. The Morgan fingerprint density at radius 1 is 1.06 bits per heavy atom. The Balaban J connectivity index is 2.10. The number of amides is 1. The number of halogens is 3. The van der Waals surface area contributed by atoms with Crippen LogP contribution in [0.25, 0.3) is 11.3 Å². The van der Waals surface area contributed by atoms with Crippen molar-refractivity contribution >= 4 is 17.6 Å². The summed E-state index contributed by atoms with van der Waals surface area (Å²) in [5.74, 6) is -2.34. The molecule has 0 radical (unpaired) electrons. The van der Waals surface area contributed by atoms with Gasteiger partial charge in [-0.3, -0.25) is 4.79 Å². The Hall–Kier alpha value is -3.72. The van der Waals surface area contributed by atoms with Crippen LogP contribution in [0.4, 0.5) is 18.9 Å². The molecule has 0 unspecified atom stereocenters. The average molecular weight is 444 g/mol. The summed E-state index contributed by atoms with van der Waals surface area (Å²) in [7, 11) is 0. The SMILES string of the molecule is Cc1ccc(C(=O)O)c(C)c1NC(=O)c1nc(-c2cccc(CO)c2)ccc1C(F)(F)F. The number of benzene rings is 2. The minimum absolute atomic E-state index is 0.0792. The number of aromatic carboxylic acids is 1. The van der Waals surface area contributed by atoms with E-state index in [4.69, 9.17) is 0 Å². The van der Waals surface area contributed by atoms with E-state index in [1.54, 1.807) is 31.2 Å². The van der Waals surface area contributed by atoms with E-state index in [0.717, 1.165) is 12.1 Å².